The van der Waals surface area contributed by atoms with Gasteiger partial charge in [0, 0.05) is 16.0 Å². The van der Waals surface area contributed by atoms with Crippen LogP contribution in [0.4, 0.5) is 0 Å². The largest absolute Gasteiger partial charge is 0.262 e. The van der Waals surface area contributed by atoms with Crippen LogP contribution < -0.4 is 0 Å². The highest BCUT2D eigenvalue weighted by molar-refractivity contribution is 9.10. The summed E-state index contributed by atoms with van der Waals surface area (Å²) in [5.74, 6) is 2.06. The molecule has 2 aromatic rings. The van der Waals surface area contributed by atoms with Gasteiger partial charge >= 0.3 is 0 Å². The number of aromatic nitrogens is 3. The first-order valence-electron chi connectivity index (χ1n) is 5.26. The molecule has 0 unspecified atom stereocenters. The highest BCUT2D eigenvalue weighted by atomic mass is 79.9. The van der Waals surface area contributed by atoms with Gasteiger partial charge < -0.3 is 0 Å². The fourth-order valence-corrected chi connectivity index (χ4v) is 1.69. The van der Waals surface area contributed by atoms with Gasteiger partial charge in [-0.3, -0.25) is 5.10 Å². The van der Waals surface area contributed by atoms with E-state index in [2.05, 4.69) is 57.9 Å². The molecule has 1 aromatic heterocycles. The lowest BCUT2D eigenvalue weighted by Gasteiger charge is -2.00. The second kappa shape index (κ2) is 4.37. The first-order chi connectivity index (χ1) is 7.58. The zero-order valence-corrected chi connectivity index (χ0v) is 11.2. The van der Waals surface area contributed by atoms with Crippen molar-refractivity contribution < 1.29 is 0 Å². The average Bonchev–Trinajstić information content (AvgIpc) is 2.71. The van der Waals surface area contributed by atoms with Crippen molar-refractivity contribution in [2.45, 2.75) is 26.7 Å². The molecule has 0 radical (unpaired) electrons. The van der Waals surface area contributed by atoms with E-state index < -0.39 is 0 Å². The second-order valence-electron chi connectivity index (χ2n) is 4.16. The van der Waals surface area contributed by atoms with Gasteiger partial charge in [0.2, 0.25) is 0 Å². The molecule has 0 aliphatic carbocycles. The number of nitrogens with zero attached hydrogens (tertiary/aromatic N) is 2. The molecule has 1 N–H and O–H groups in total. The SMILES string of the molecule is Cc1cc(-c2n[nH]c(C(C)C)n2)ccc1Br. The van der Waals surface area contributed by atoms with Crippen LogP contribution in [0.5, 0.6) is 0 Å². The Balaban J connectivity index is 2.39. The number of hydrogen-bond donors (Lipinski definition) is 1. The van der Waals surface area contributed by atoms with E-state index in [1.54, 1.807) is 0 Å². The molecule has 0 spiro atoms. The van der Waals surface area contributed by atoms with Crippen LogP contribution in [0.2, 0.25) is 0 Å². The summed E-state index contributed by atoms with van der Waals surface area (Å²) in [6.45, 7) is 6.25. The molecule has 0 fully saturated rings. The third-order valence-electron chi connectivity index (χ3n) is 2.47. The summed E-state index contributed by atoms with van der Waals surface area (Å²) in [5, 5.41) is 7.19. The molecule has 2 rings (SSSR count). The normalized spacial score (nSPS) is 11.1. The molecular weight excluding hydrogens is 266 g/mol. The summed E-state index contributed by atoms with van der Waals surface area (Å²) >= 11 is 3.48. The first-order valence-corrected chi connectivity index (χ1v) is 6.06. The average molecular weight is 280 g/mol. The van der Waals surface area contributed by atoms with Crippen LogP contribution in [0.25, 0.3) is 11.4 Å². The van der Waals surface area contributed by atoms with E-state index in [-0.39, 0.29) is 0 Å². The van der Waals surface area contributed by atoms with Gasteiger partial charge in [0.25, 0.3) is 0 Å². The minimum Gasteiger partial charge on any atom is -0.262 e. The highest BCUT2D eigenvalue weighted by Crippen LogP contribution is 2.23. The van der Waals surface area contributed by atoms with Crippen molar-refractivity contribution >= 4 is 15.9 Å². The van der Waals surface area contributed by atoms with Crippen LogP contribution in [0.15, 0.2) is 22.7 Å². The van der Waals surface area contributed by atoms with Gasteiger partial charge in [0.1, 0.15) is 5.82 Å². The van der Waals surface area contributed by atoms with Crippen LogP contribution in [-0.2, 0) is 0 Å². The number of benzene rings is 1. The number of hydrogen-bond acceptors (Lipinski definition) is 2. The van der Waals surface area contributed by atoms with Crippen molar-refractivity contribution in [2.24, 2.45) is 0 Å². The molecule has 0 bridgehead atoms. The molecule has 0 saturated heterocycles. The Kier molecular flexibility index (Phi) is 3.10. The van der Waals surface area contributed by atoms with Gasteiger partial charge in [0.05, 0.1) is 0 Å². The Morgan fingerprint density at radius 1 is 1.31 bits per heavy atom. The Morgan fingerprint density at radius 3 is 2.62 bits per heavy atom. The molecule has 3 nitrogen and oxygen atoms in total. The van der Waals surface area contributed by atoms with E-state index in [9.17, 15) is 0 Å². The maximum atomic E-state index is 4.47. The number of aryl methyl sites for hydroxylation is 1. The summed E-state index contributed by atoms with van der Waals surface area (Å²) in [6, 6.07) is 6.12. The standard InChI is InChI=1S/C12H14BrN3/c1-7(2)11-14-12(16-15-11)9-4-5-10(13)8(3)6-9/h4-7H,1-3H3,(H,14,15,16). The zero-order chi connectivity index (χ0) is 11.7. The van der Waals surface area contributed by atoms with E-state index >= 15 is 0 Å². The molecule has 16 heavy (non-hydrogen) atoms. The predicted octanol–water partition coefficient (Wildman–Crippen LogP) is 3.67. The Labute approximate surface area is 103 Å². The fourth-order valence-electron chi connectivity index (χ4n) is 1.45. The smallest absolute Gasteiger partial charge is 0.181 e. The molecule has 1 heterocycles. The summed E-state index contributed by atoms with van der Waals surface area (Å²) in [5.41, 5.74) is 2.23. The van der Waals surface area contributed by atoms with Gasteiger partial charge in [-0.05, 0) is 30.7 Å². The minimum atomic E-state index is 0.373. The van der Waals surface area contributed by atoms with Crippen molar-refractivity contribution in [2.75, 3.05) is 0 Å². The first kappa shape index (κ1) is 11.3. The third kappa shape index (κ3) is 2.16. The monoisotopic (exact) mass is 279 g/mol. The summed E-state index contributed by atoms with van der Waals surface area (Å²) in [7, 11) is 0. The number of halogens is 1. The van der Waals surface area contributed by atoms with Gasteiger partial charge in [-0.1, -0.05) is 29.8 Å². The van der Waals surface area contributed by atoms with Crippen molar-refractivity contribution in [3.8, 4) is 11.4 Å². The summed E-state index contributed by atoms with van der Waals surface area (Å²) in [4.78, 5) is 4.47. The molecule has 0 saturated carbocycles. The van der Waals surface area contributed by atoms with Crippen LogP contribution >= 0.6 is 15.9 Å². The lowest BCUT2D eigenvalue weighted by atomic mass is 10.1. The highest BCUT2D eigenvalue weighted by Gasteiger charge is 2.09. The molecule has 0 atom stereocenters. The van der Waals surface area contributed by atoms with E-state index in [1.807, 2.05) is 12.1 Å². The van der Waals surface area contributed by atoms with Gasteiger partial charge in [-0.15, -0.1) is 0 Å². The summed E-state index contributed by atoms with van der Waals surface area (Å²) < 4.78 is 1.11. The molecule has 0 aliphatic heterocycles. The zero-order valence-electron chi connectivity index (χ0n) is 9.58. The van der Waals surface area contributed by atoms with Crippen molar-refractivity contribution in [3.63, 3.8) is 0 Å². The van der Waals surface area contributed by atoms with E-state index in [0.717, 1.165) is 21.7 Å². The number of aromatic amines is 1. The molecule has 0 amide bonds. The number of rotatable bonds is 2. The van der Waals surface area contributed by atoms with Crippen LogP contribution in [0.3, 0.4) is 0 Å². The maximum absolute atomic E-state index is 4.47. The van der Waals surface area contributed by atoms with Crippen LogP contribution in [0, 0.1) is 6.92 Å². The quantitative estimate of drug-likeness (QED) is 0.912. The lowest BCUT2D eigenvalue weighted by molar-refractivity contribution is 0.781. The van der Waals surface area contributed by atoms with Crippen LogP contribution in [0.1, 0.15) is 31.2 Å². The van der Waals surface area contributed by atoms with Crippen molar-refractivity contribution in [1.29, 1.82) is 0 Å². The Morgan fingerprint density at radius 2 is 2.06 bits per heavy atom. The Hall–Kier alpha value is -1.16. The minimum absolute atomic E-state index is 0.373. The maximum Gasteiger partial charge on any atom is 0.181 e. The van der Waals surface area contributed by atoms with Crippen molar-refractivity contribution in [1.82, 2.24) is 15.2 Å². The van der Waals surface area contributed by atoms with Crippen LogP contribution in [-0.4, -0.2) is 15.2 Å². The molecule has 84 valence electrons. The Bertz CT molecular complexity index is 503. The second-order valence-corrected chi connectivity index (χ2v) is 5.02. The topological polar surface area (TPSA) is 41.6 Å². The number of nitrogens with one attached hydrogen (secondary N) is 1. The number of H-pyrrole nitrogens is 1. The van der Waals surface area contributed by atoms with E-state index in [1.165, 1.54) is 5.56 Å². The van der Waals surface area contributed by atoms with Gasteiger partial charge in [-0.2, -0.15) is 5.10 Å². The molecule has 4 heteroatoms. The van der Waals surface area contributed by atoms with E-state index in [0.29, 0.717) is 5.92 Å². The molecule has 1 aromatic carbocycles. The summed E-state index contributed by atoms with van der Waals surface area (Å²) in [6.07, 6.45) is 0. The predicted molar refractivity (Wildman–Crippen MR) is 68.3 cm³/mol. The van der Waals surface area contributed by atoms with Gasteiger partial charge in [-0.25, -0.2) is 4.98 Å². The lowest BCUT2D eigenvalue weighted by Crippen LogP contribution is -1.89. The molecule has 0 aliphatic rings. The fraction of sp³-hybridized carbons (Fsp3) is 0.333. The van der Waals surface area contributed by atoms with Gasteiger partial charge in [0.15, 0.2) is 5.82 Å². The van der Waals surface area contributed by atoms with Crippen molar-refractivity contribution in [3.05, 3.63) is 34.1 Å². The molecular formula is C12H14BrN3. The van der Waals surface area contributed by atoms with E-state index in [4.69, 9.17) is 0 Å². The third-order valence-corrected chi connectivity index (χ3v) is 3.36.